The van der Waals surface area contributed by atoms with Crippen LogP contribution in [0.25, 0.3) is 22.1 Å². The van der Waals surface area contributed by atoms with Crippen LogP contribution < -0.4 is 20.0 Å². The lowest BCUT2D eigenvalue weighted by atomic mass is 9.99. The second kappa shape index (κ2) is 7.94. The number of anilines is 1. The minimum atomic E-state index is -0.412. The third-order valence-electron chi connectivity index (χ3n) is 5.35. The minimum absolute atomic E-state index is 0.349. The molecule has 1 aliphatic rings. The molecule has 0 amide bonds. The monoisotopic (exact) mass is 497 g/mol. The Bertz CT molecular complexity index is 1350. The second-order valence-electron chi connectivity index (χ2n) is 7.19. The molecule has 0 unspecified atom stereocenters. The van der Waals surface area contributed by atoms with Gasteiger partial charge < -0.3 is 18.8 Å². The highest BCUT2D eigenvalue weighted by Crippen LogP contribution is 2.39. The molecule has 0 saturated heterocycles. The molecule has 31 heavy (non-hydrogen) atoms. The second-order valence-corrected chi connectivity index (χ2v) is 8.52. The molecule has 7 heteroatoms. The molecule has 0 bridgehead atoms. The zero-order chi connectivity index (χ0) is 21.5. The van der Waals surface area contributed by atoms with E-state index in [2.05, 4.69) is 15.9 Å². The number of hydrogen-bond acceptors (Lipinski definition) is 5. The van der Waals surface area contributed by atoms with Crippen molar-refractivity contribution in [1.29, 1.82) is 0 Å². The SMILES string of the molecule is COc1ccc(-c2cc(=O)oc3c4c(ccc23)OCN(c2ccc(Br)cc2Cl)C4)cc1. The molecule has 1 aromatic heterocycles. The number of methoxy groups -OCH3 is 1. The Balaban J connectivity index is 1.63. The van der Waals surface area contributed by atoms with E-state index in [0.717, 1.165) is 38.0 Å². The maximum Gasteiger partial charge on any atom is 0.336 e. The number of benzene rings is 3. The molecule has 3 aromatic carbocycles. The predicted octanol–water partition coefficient (Wildman–Crippen LogP) is 6.24. The summed E-state index contributed by atoms with van der Waals surface area (Å²) in [7, 11) is 1.62. The van der Waals surface area contributed by atoms with E-state index in [0.29, 0.717) is 29.6 Å². The highest BCUT2D eigenvalue weighted by Gasteiger charge is 2.24. The van der Waals surface area contributed by atoms with Crippen molar-refractivity contribution >= 4 is 44.2 Å². The third kappa shape index (κ3) is 3.66. The van der Waals surface area contributed by atoms with Crippen molar-refractivity contribution in [3.05, 3.63) is 86.1 Å². The van der Waals surface area contributed by atoms with E-state index in [-0.39, 0.29) is 0 Å². The van der Waals surface area contributed by atoms with Crippen LogP contribution in [0.2, 0.25) is 5.02 Å². The first kappa shape index (κ1) is 20.0. The summed E-state index contributed by atoms with van der Waals surface area (Å²) in [5.74, 6) is 1.45. The number of fused-ring (bicyclic) bond motifs is 3. The lowest BCUT2D eigenvalue weighted by molar-refractivity contribution is 0.289. The van der Waals surface area contributed by atoms with E-state index in [1.807, 2.05) is 59.5 Å². The van der Waals surface area contributed by atoms with Crippen LogP contribution in [0.4, 0.5) is 5.69 Å². The van der Waals surface area contributed by atoms with Crippen molar-refractivity contribution < 1.29 is 13.9 Å². The van der Waals surface area contributed by atoms with Gasteiger partial charge in [-0.15, -0.1) is 0 Å². The Morgan fingerprint density at radius 1 is 1.06 bits per heavy atom. The molecule has 0 aliphatic carbocycles. The zero-order valence-electron chi connectivity index (χ0n) is 16.5. The molecule has 5 rings (SSSR count). The molecule has 1 aliphatic heterocycles. The summed E-state index contributed by atoms with van der Waals surface area (Å²) < 4.78 is 17.8. The summed E-state index contributed by atoms with van der Waals surface area (Å²) >= 11 is 9.89. The topological polar surface area (TPSA) is 51.9 Å². The quantitative estimate of drug-likeness (QED) is 0.313. The van der Waals surface area contributed by atoms with E-state index < -0.39 is 5.63 Å². The molecule has 156 valence electrons. The van der Waals surface area contributed by atoms with Gasteiger partial charge in [-0.2, -0.15) is 0 Å². The van der Waals surface area contributed by atoms with Gasteiger partial charge in [0.25, 0.3) is 0 Å². The summed E-state index contributed by atoms with van der Waals surface area (Å²) in [5.41, 5.74) is 3.48. The van der Waals surface area contributed by atoms with Crippen molar-refractivity contribution in [2.24, 2.45) is 0 Å². The Kier molecular flexibility index (Phi) is 5.12. The third-order valence-corrected chi connectivity index (χ3v) is 6.14. The Hall–Kier alpha value is -2.96. The van der Waals surface area contributed by atoms with Crippen molar-refractivity contribution in [1.82, 2.24) is 0 Å². The van der Waals surface area contributed by atoms with E-state index in [9.17, 15) is 4.79 Å². The maximum absolute atomic E-state index is 12.5. The van der Waals surface area contributed by atoms with E-state index >= 15 is 0 Å². The van der Waals surface area contributed by atoms with Crippen molar-refractivity contribution in [3.63, 3.8) is 0 Å². The molecule has 0 radical (unpaired) electrons. The minimum Gasteiger partial charge on any atom is -0.497 e. The highest BCUT2D eigenvalue weighted by atomic mass is 79.9. The first-order valence-electron chi connectivity index (χ1n) is 9.60. The fourth-order valence-electron chi connectivity index (χ4n) is 3.83. The molecule has 0 fully saturated rings. The average Bonchev–Trinajstić information content (AvgIpc) is 2.78. The van der Waals surface area contributed by atoms with Gasteiger partial charge >= 0.3 is 5.63 Å². The number of nitrogens with zero attached hydrogens (tertiary/aromatic N) is 1. The molecule has 0 atom stereocenters. The van der Waals surface area contributed by atoms with Crippen molar-refractivity contribution in [2.45, 2.75) is 6.54 Å². The van der Waals surface area contributed by atoms with Crippen LogP contribution in [-0.2, 0) is 6.54 Å². The van der Waals surface area contributed by atoms with Crippen molar-refractivity contribution in [3.8, 4) is 22.6 Å². The fourth-order valence-corrected chi connectivity index (χ4v) is 4.63. The zero-order valence-corrected chi connectivity index (χ0v) is 18.9. The van der Waals surface area contributed by atoms with Crippen LogP contribution in [0.1, 0.15) is 5.56 Å². The van der Waals surface area contributed by atoms with Gasteiger partial charge in [0.15, 0.2) is 6.73 Å². The number of ether oxygens (including phenoxy) is 2. The Morgan fingerprint density at radius 2 is 1.87 bits per heavy atom. The van der Waals surface area contributed by atoms with Crippen LogP contribution >= 0.6 is 27.5 Å². The van der Waals surface area contributed by atoms with Gasteiger partial charge in [0, 0.05) is 15.9 Å². The molecule has 5 nitrogen and oxygen atoms in total. The fraction of sp³-hybridized carbons (Fsp3) is 0.125. The normalized spacial score (nSPS) is 13.1. The smallest absolute Gasteiger partial charge is 0.336 e. The van der Waals surface area contributed by atoms with Gasteiger partial charge in [-0.25, -0.2) is 4.79 Å². The number of halogens is 2. The van der Waals surface area contributed by atoms with Gasteiger partial charge in [0.05, 0.1) is 29.9 Å². The average molecular weight is 499 g/mol. The van der Waals surface area contributed by atoms with Crippen LogP contribution in [0.15, 0.2) is 74.3 Å². The maximum atomic E-state index is 12.5. The Morgan fingerprint density at radius 3 is 2.61 bits per heavy atom. The summed E-state index contributed by atoms with van der Waals surface area (Å²) in [6, 6.07) is 18.7. The molecular formula is C24H17BrClNO4. The summed E-state index contributed by atoms with van der Waals surface area (Å²) in [6.07, 6.45) is 0. The highest BCUT2D eigenvalue weighted by molar-refractivity contribution is 9.10. The van der Waals surface area contributed by atoms with E-state index in [4.69, 9.17) is 25.5 Å². The van der Waals surface area contributed by atoms with Crippen LogP contribution in [0.3, 0.4) is 0 Å². The molecule has 0 N–H and O–H groups in total. The van der Waals surface area contributed by atoms with Crippen LogP contribution in [-0.4, -0.2) is 13.8 Å². The summed E-state index contributed by atoms with van der Waals surface area (Å²) in [5, 5.41) is 1.46. The molecule has 4 aromatic rings. The molecule has 0 spiro atoms. The summed E-state index contributed by atoms with van der Waals surface area (Å²) in [6.45, 7) is 0.852. The number of rotatable bonds is 3. The van der Waals surface area contributed by atoms with Crippen LogP contribution in [0, 0.1) is 0 Å². The van der Waals surface area contributed by atoms with Crippen molar-refractivity contribution in [2.75, 3.05) is 18.7 Å². The summed E-state index contributed by atoms with van der Waals surface area (Å²) in [4.78, 5) is 14.5. The van der Waals surface area contributed by atoms with E-state index in [1.54, 1.807) is 7.11 Å². The Labute approximate surface area is 191 Å². The molecule has 0 saturated carbocycles. The molecular weight excluding hydrogens is 482 g/mol. The first-order chi connectivity index (χ1) is 15.0. The van der Waals surface area contributed by atoms with Gasteiger partial charge in [0.1, 0.15) is 17.1 Å². The first-order valence-corrected chi connectivity index (χ1v) is 10.8. The predicted molar refractivity (Wildman–Crippen MR) is 125 cm³/mol. The van der Waals surface area contributed by atoms with Crippen LogP contribution in [0.5, 0.6) is 11.5 Å². The van der Waals surface area contributed by atoms with Gasteiger partial charge in [-0.05, 0) is 53.6 Å². The van der Waals surface area contributed by atoms with Gasteiger partial charge in [-0.3, -0.25) is 0 Å². The lowest BCUT2D eigenvalue weighted by Gasteiger charge is -2.31. The standard InChI is InChI=1S/C24H17BrClNO4/c1-29-16-5-2-14(3-6-16)18-11-23(28)31-24-17(18)7-9-22-19(24)12-27(13-30-22)21-8-4-15(25)10-20(21)26/h2-11H,12-13H2,1H3. The largest absolute Gasteiger partial charge is 0.497 e. The lowest BCUT2D eigenvalue weighted by Crippen LogP contribution is -2.32. The van der Waals surface area contributed by atoms with E-state index in [1.165, 1.54) is 6.07 Å². The van der Waals surface area contributed by atoms with Gasteiger partial charge in [-0.1, -0.05) is 39.7 Å². The number of hydrogen-bond donors (Lipinski definition) is 0. The van der Waals surface area contributed by atoms with Gasteiger partial charge in [0.2, 0.25) is 0 Å². The molecule has 2 heterocycles.